The molecule has 0 heterocycles. The Morgan fingerprint density at radius 2 is 1.38 bits per heavy atom. The molecule has 0 saturated carbocycles. The summed E-state index contributed by atoms with van der Waals surface area (Å²) >= 11 is 1.47. The molecule has 3 aromatic carbocycles. The normalized spacial score (nSPS) is 10.2. The van der Waals surface area contributed by atoms with Gasteiger partial charge in [0.25, 0.3) is 0 Å². The van der Waals surface area contributed by atoms with Crippen LogP contribution >= 0.6 is 17.9 Å². The standard InChI is InChI=1S/C19H17NOP.ClH.Ti/c21-17-11-5-7-13-19(17)22-18-12-6-4-8-15(18)14-20-16-9-2-1-3-10-16;;/h1-13,21-22H,14H2;1H;/q-1;;+2/p-1. The number of hydrogen-bond acceptors (Lipinski definition) is 1. The molecule has 0 radical (unpaired) electrons. The van der Waals surface area contributed by atoms with Crippen molar-refractivity contribution in [2.45, 2.75) is 6.54 Å². The van der Waals surface area contributed by atoms with Gasteiger partial charge in [0.2, 0.25) is 0 Å². The molecular formula is C19H17ClNOPTi. The van der Waals surface area contributed by atoms with Gasteiger partial charge in [0.15, 0.2) is 0 Å². The van der Waals surface area contributed by atoms with Crippen LogP contribution in [0.4, 0.5) is 5.69 Å². The van der Waals surface area contributed by atoms with Crippen LogP contribution in [0, 0.1) is 0 Å². The van der Waals surface area contributed by atoms with E-state index >= 15 is 0 Å². The molecule has 0 bridgehead atoms. The van der Waals surface area contributed by atoms with E-state index in [1.165, 1.54) is 30.2 Å². The van der Waals surface area contributed by atoms with Gasteiger partial charge in [0, 0.05) is 5.30 Å². The summed E-state index contributed by atoms with van der Waals surface area (Å²) in [5, 5.41) is 16.8. The van der Waals surface area contributed by atoms with Gasteiger partial charge in [-0.15, -0.1) is 12.2 Å². The van der Waals surface area contributed by atoms with Crippen molar-refractivity contribution in [2.75, 3.05) is 0 Å². The van der Waals surface area contributed by atoms with Crippen molar-refractivity contribution in [3.8, 4) is 5.75 Å². The van der Waals surface area contributed by atoms with E-state index in [9.17, 15) is 5.11 Å². The molecule has 0 saturated heterocycles. The zero-order valence-corrected chi connectivity index (χ0v) is 16.3. The second-order valence-corrected chi connectivity index (χ2v) is 6.28. The van der Waals surface area contributed by atoms with E-state index in [-0.39, 0.29) is 0 Å². The molecule has 0 aliphatic heterocycles. The Bertz CT molecular complexity index is 755. The molecule has 1 unspecified atom stereocenters. The van der Waals surface area contributed by atoms with E-state index in [1.807, 2.05) is 60.7 Å². The Kier molecular flexibility index (Phi) is 8.35. The monoisotopic (exact) mass is 389 g/mol. The number of phenols is 1. The summed E-state index contributed by atoms with van der Waals surface area (Å²) < 4.78 is 0. The summed E-state index contributed by atoms with van der Waals surface area (Å²) in [6.45, 7) is 0.654. The third-order valence-electron chi connectivity index (χ3n) is 3.38. The molecule has 1 N–H and O–H groups in total. The Hall–Kier alpha value is -1.31. The van der Waals surface area contributed by atoms with Gasteiger partial charge in [-0.05, 0) is 11.4 Å². The first-order valence-corrected chi connectivity index (χ1v) is 10.5. The Labute approximate surface area is 160 Å². The van der Waals surface area contributed by atoms with Gasteiger partial charge in [0.1, 0.15) is 5.75 Å². The van der Waals surface area contributed by atoms with Crippen LogP contribution in [0.5, 0.6) is 5.75 Å². The van der Waals surface area contributed by atoms with Crippen LogP contribution in [0.1, 0.15) is 5.56 Å². The predicted molar refractivity (Wildman–Crippen MR) is 101 cm³/mol. The van der Waals surface area contributed by atoms with E-state index in [1.54, 1.807) is 6.07 Å². The SMILES string of the molecule is Oc1ccccc1Pc1ccccc1C[N-]c1ccccc1.[Cl][Ti+]. The van der Waals surface area contributed by atoms with Crippen molar-refractivity contribution in [2.24, 2.45) is 0 Å². The second-order valence-electron chi connectivity index (χ2n) is 4.95. The summed E-state index contributed by atoms with van der Waals surface area (Å²) in [6.07, 6.45) is 0. The first kappa shape index (κ1) is 19.0. The van der Waals surface area contributed by atoms with Crippen LogP contribution in [0.15, 0.2) is 78.9 Å². The average molecular weight is 390 g/mol. The van der Waals surface area contributed by atoms with Crippen molar-refractivity contribution < 1.29 is 24.5 Å². The van der Waals surface area contributed by atoms with Gasteiger partial charge in [-0.3, -0.25) is 0 Å². The predicted octanol–water partition coefficient (Wildman–Crippen LogP) is 4.91. The molecule has 120 valence electrons. The van der Waals surface area contributed by atoms with Gasteiger partial charge in [0.05, 0.1) is 0 Å². The summed E-state index contributed by atoms with van der Waals surface area (Å²) in [6, 6.07) is 25.8. The van der Waals surface area contributed by atoms with Crippen molar-refractivity contribution in [1.29, 1.82) is 0 Å². The van der Waals surface area contributed by atoms with Gasteiger partial charge >= 0.3 is 28.7 Å². The minimum absolute atomic E-state index is 0.357. The minimum atomic E-state index is 0.357. The topological polar surface area (TPSA) is 34.3 Å². The number of benzene rings is 3. The third kappa shape index (κ3) is 5.65. The Morgan fingerprint density at radius 3 is 2.08 bits per heavy atom. The third-order valence-corrected chi connectivity index (χ3v) is 4.83. The molecule has 0 spiro atoms. The summed E-state index contributed by atoms with van der Waals surface area (Å²) in [5.74, 6) is 0.357. The summed E-state index contributed by atoms with van der Waals surface area (Å²) in [7, 11) is 5.07. The van der Waals surface area contributed by atoms with Crippen LogP contribution in [0.25, 0.3) is 5.32 Å². The quantitative estimate of drug-likeness (QED) is 0.488. The fourth-order valence-corrected chi connectivity index (χ4v) is 3.40. The number of hydrogen-bond donors (Lipinski definition) is 1. The molecule has 0 aromatic heterocycles. The number of aromatic hydroxyl groups is 1. The molecule has 3 aromatic rings. The van der Waals surface area contributed by atoms with E-state index < -0.39 is 0 Å². The molecule has 1 atom stereocenters. The molecule has 24 heavy (non-hydrogen) atoms. The first-order valence-electron chi connectivity index (χ1n) is 7.37. The first-order chi connectivity index (χ1) is 11.8. The van der Waals surface area contributed by atoms with E-state index in [0.29, 0.717) is 20.9 Å². The van der Waals surface area contributed by atoms with Crippen molar-refractivity contribution in [1.82, 2.24) is 0 Å². The Morgan fingerprint density at radius 1 is 0.792 bits per heavy atom. The van der Waals surface area contributed by atoms with Crippen molar-refractivity contribution >= 4 is 34.2 Å². The Balaban J connectivity index is 0.00000100. The molecule has 0 aliphatic rings. The summed E-state index contributed by atoms with van der Waals surface area (Å²) in [4.78, 5) is 0. The fourth-order valence-electron chi connectivity index (χ4n) is 2.21. The number of rotatable bonds is 5. The van der Waals surface area contributed by atoms with E-state index in [4.69, 9.17) is 0 Å². The van der Waals surface area contributed by atoms with Gasteiger partial charge in [-0.1, -0.05) is 86.9 Å². The molecule has 3 rings (SSSR count). The molecule has 0 amide bonds. The maximum absolute atomic E-state index is 9.95. The van der Waals surface area contributed by atoms with Gasteiger partial charge in [-0.2, -0.15) is 0 Å². The summed E-state index contributed by atoms with van der Waals surface area (Å²) in [5.41, 5.74) is 2.19. The van der Waals surface area contributed by atoms with Gasteiger partial charge in [-0.25, -0.2) is 0 Å². The van der Waals surface area contributed by atoms with Crippen LogP contribution in [0.2, 0.25) is 0 Å². The number of phenolic OH excluding ortho intramolecular Hbond substituents is 1. The van der Waals surface area contributed by atoms with Crippen LogP contribution in [-0.2, 0) is 25.9 Å². The van der Waals surface area contributed by atoms with Crippen LogP contribution in [0.3, 0.4) is 0 Å². The maximum atomic E-state index is 9.95. The zero-order chi connectivity index (χ0) is 17.2. The molecule has 2 nitrogen and oxygen atoms in total. The van der Waals surface area contributed by atoms with Crippen LogP contribution < -0.4 is 10.6 Å². The molecular weight excluding hydrogens is 373 g/mol. The van der Waals surface area contributed by atoms with Crippen LogP contribution in [-0.4, -0.2) is 5.11 Å². The number of halogens is 1. The molecule has 0 aliphatic carbocycles. The molecule has 5 heteroatoms. The van der Waals surface area contributed by atoms with Gasteiger partial charge < -0.3 is 10.4 Å². The van der Waals surface area contributed by atoms with Crippen molar-refractivity contribution in [3.63, 3.8) is 0 Å². The number of nitrogens with zero attached hydrogens (tertiary/aromatic N) is 1. The number of para-hydroxylation sites is 2. The fraction of sp³-hybridized carbons (Fsp3) is 0.0526. The van der Waals surface area contributed by atoms with E-state index in [0.717, 1.165) is 11.0 Å². The van der Waals surface area contributed by atoms with Crippen molar-refractivity contribution in [3.05, 3.63) is 89.7 Å². The zero-order valence-electron chi connectivity index (χ0n) is 13.0. The second kappa shape index (κ2) is 10.5. The van der Waals surface area contributed by atoms with E-state index in [2.05, 4.69) is 26.8 Å². The molecule has 0 fully saturated rings. The average Bonchev–Trinajstić information content (AvgIpc) is 2.65.